The van der Waals surface area contributed by atoms with Gasteiger partial charge in [-0.15, -0.1) is 0 Å². The van der Waals surface area contributed by atoms with E-state index in [4.69, 9.17) is 6.57 Å². The van der Waals surface area contributed by atoms with Crippen LogP contribution in [0.2, 0.25) is 0 Å². The van der Waals surface area contributed by atoms with Crippen molar-refractivity contribution in [3.63, 3.8) is 0 Å². The fourth-order valence-corrected chi connectivity index (χ4v) is 1.37. The third-order valence-electron chi connectivity index (χ3n) is 1.92. The van der Waals surface area contributed by atoms with Gasteiger partial charge in [0.15, 0.2) is 0 Å². The van der Waals surface area contributed by atoms with Crippen LogP contribution in [-0.2, 0) is 6.54 Å². The second-order valence-corrected chi connectivity index (χ2v) is 2.68. The Kier molecular flexibility index (Phi) is 1.56. The average Bonchev–Trinajstić information content (AvgIpc) is 2.53. The minimum absolute atomic E-state index is 0.456. The van der Waals surface area contributed by atoms with Gasteiger partial charge in [-0.2, -0.15) is 0 Å². The summed E-state index contributed by atoms with van der Waals surface area (Å²) in [5.41, 5.74) is 2.17. The molecule has 0 saturated heterocycles. The van der Waals surface area contributed by atoms with Crippen molar-refractivity contribution in [1.82, 2.24) is 4.98 Å². The number of aromatic nitrogens is 1. The number of fused-ring (bicyclic) bond motifs is 1. The van der Waals surface area contributed by atoms with E-state index in [-0.39, 0.29) is 0 Å². The van der Waals surface area contributed by atoms with Crippen molar-refractivity contribution < 1.29 is 0 Å². The van der Waals surface area contributed by atoms with Gasteiger partial charge in [0, 0.05) is 6.20 Å². The molecule has 0 bridgehead atoms. The first kappa shape index (κ1) is 6.93. The van der Waals surface area contributed by atoms with Gasteiger partial charge >= 0.3 is 0 Å². The highest BCUT2D eigenvalue weighted by molar-refractivity contribution is 5.82. The zero-order valence-corrected chi connectivity index (χ0v) is 6.54. The van der Waals surface area contributed by atoms with Gasteiger partial charge in [-0.05, 0) is 17.5 Å². The number of hydrogen-bond acceptors (Lipinski definition) is 0. The Morgan fingerprint density at radius 1 is 1.33 bits per heavy atom. The van der Waals surface area contributed by atoms with Gasteiger partial charge in [-0.25, -0.2) is 6.57 Å². The molecule has 0 atom stereocenters. The van der Waals surface area contributed by atoms with Crippen molar-refractivity contribution in [2.75, 3.05) is 0 Å². The van der Waals surface area contributed by atoms with Crippen molar-refractivity contribution in [1.29, 1.82) is 0 Å². The van der Waals surface area contributed by atoms with Crippen LogP contribution in [0.1, 0.15) is 5.56 Å². The highest BCUT2D eigenvalue weighted by Gasteiger charge is 2.01. The number of nitrogens with zero attached hydrogens (tertiary/aromatic N) is 1. The van der Waals surface area contributed by atoms with Crippen LogP contribution in [0.4, 0.5) is 0 Å². The molecule has 0 aliphatic carbocycles. The van der Waals surface area contributed by atoms with Gasteiger partial charge in [-0.1, -0.05) is 12.1 Å². The molecule has 0 aliphatic rings. The lowest BCUT2D eigenvalue weighted by Gasteiger charge is -1.93. The van der Waals surface area contributed by atoms with E-state index >= 15 is 0 Å². The van der Waals surface area contributed by atoms with E-state index in [2.05, 4.69) is 9.83 Å². The SMILES string of the molecule is [C-]#[N+]Cc1cccc2cc[nH]c12. The number of hydrogen-bond donors (Lipinski definition) is 1. The maximum absolute atomic E-state index is 6.78. The van der Waals surface area contributed by atoms with Crippen LogP contribution in [0.25, 0.3) is 15.7 Å². The van der Waals surface area contributed by atoms with Crippen molar-refractivity contribution >= 4 is 10.9 Å². The largest absolute Gasteiger partial charge is 0.361 e. The van der Waals surface area contributed by atoms with Gasteiger partial charge in [0.1, 0.15) is 0 Å². The molecule has 0 amide bonds. The zero-order chi connectivity index (χ0) is 8.39. The van der Waals surface area contributed by atoms with Crippen LogP contribution in [0.3, 0.4) is 0 Å². The van der Waals surface area contributed by atoms with Gasteiger partial charge < -0.3 is 9.83 Å². The van der Waals surface area contributed by atoms with Gasteiger partial charge in [-0.3, -0.25) is 0 Å². The molecular weight excluding hydrogens is 148 g/mol. The predicted octanol–water partition coefficient (Wildman–Crippen LogP) is 2.59. The first-order valence-corrected chi connectivity index (χ1v) is 3.80. The number of para-hydroxylation sites is 1. The normalized spacial score (nSPS) is 9.92. The molecule has 0 radical (unpaired) electrons. The molecule has 1 aromatic carbocycles. The summed E-state index contributed by atoms with van der Waals surface area (Å²) in [6, 6.07) is 8.02. The molecule has 1 aromatic heterocycles. The van der Waals surface area contributed by atoms with Crippen LogP contribution >= 0.6 is 0 Å². The number of nitrogens with one attached hydrogen (secondary N) is 1. The molecule has 0 unspecified atom stereocenters. The van der Waals surface area contributed by atoms with Crippen molar-refractivity contribution in [2.24, 2.45) is 0 Å². The lowest BCUT2D eigenvalue weighted by atomic mass is 10.1. The second-order valence-electron chi connectivity index (χ2n) is 2.68. The third kappa shape index (κ3) is 0.960. The van der Waals surface area contributed by atoms with Gasteiger partial charge in [0.25, 0.3) is 0 Å². The third-order valence-corrected chi connectivity index (χ3v) is 1.92. The minimum atomic E-state index is 0.456. The number of benzene rings is 1. The maximum Gasteiger partial charge on any atom is 0.241 e. The Morgan fingerprint density at radius 3 is 3.08 bits per heavy atom. The predicted molar refractivity (Wildman–Crippen MR) is 48.6 cm³/mol. The van der Waals surface area contributed by atoms with E-state index < -0.39 is 0 Å². The Bertz CT molecular complexity index is 434. The van der Waals surface area contributed by atoms with Crippen LogP contribution in [-0.4, -0.2) is 4.98 Å². The van der Waals surface area contributed by atoms with E-state index in [1.165, 1.54) is 5.39 Å². The van der Waals surface area contributed by atoms with E-state index in [0.717, 1.165) is 11.1 Å². The molecule has 2 heteroatoms. The summed E-state index contributed by atoms with van der Waals surface area (Å²) in [5.74, 6) is 0. The average molecular weight is 156 g/mol. The molecule has 1 N–H and O–H groups in total. The fraction of sp³-hybridized carbons (Fsp3) is 0.100. The molecule has 2 rings (SSSR count). The molecule has 0 fully saturated rings. The van der Waals surface area contributed by atoms with Crippen LogP contribution in [0, 0.1) is 6.57 Å². The fourth-order valence-electron chi connectivity index (χ4n) is 1.37. The highest BCUT2D eigenvalue weighted by Crippen LogP contribution is 2.17. The molecule has 0 spiro atoms. The lowest BCUT2D eigenvalue weighted by Crippen LogP contribution is -1.80. The summed E-state index contributed by atoms with van der Waals surface area (Å²) in [6.07, 6.45) is 1.90. The second kappa shape index (κ2) is 2.71. The van der Waals surface area contributed by atoms with E-state index in [1.807, 2.05) is 30.5 Å². The smallest absolute Gasteiger partial charge is 0.241 e. The van der Waals surface area contributed by atoms with Gasteiger partial charge in [0.05, 0.1) is 11.1 Å². The molecule has 1 heterocycles. The highest BCUT2D eigenvalue weighted by atomic mass is 14.7. The first-order valence-electron chi connectivity index (χ1n) is 3.80. The molecule has 0 aliphatic heterocycles. The zero-order valence-electron chi connectivity index (χ0n) is 6.54. The summed E-state index contributed by atoms with van der Waals surface area (Å²) in [4.78, 5) is 6.50. The number of rotatable bonds is 1. The van der Waals surface area contributed by atoms with E-state index in [0.29, 0.717) is 6.54 Å². The molecule has 2 nitrogen and oxygen atoms in total. The van der Waals surface area contributed by atoms with Crippen LogP contribution in [0.5, 0.6) is 0 Å². The monoisotopic (exact) mass is 156 g/mol. The minimum Gasteiger partial charge on any atom is -0.361 e. The van der Waals surface area contributed by atoms with Crippen LogP contribution in [0.15, 0.2) is 30.5 Å². The lowest BCUT2D eigenvalue weighted by molar-refractivity contribution is 1.27. The molecule has 2 aromatic rings. The topological polar surface area (TPSA) is 20.1 Å². The first-order chi connectivity index (χ1) is 5.92. The Balaban J connectivity index is 2.67. The standard InChI is InChI=1S/C10H8N2/c1-11-7-9-4-2-3-8-5-6-12-10(8)9/h2-6,12H,7H2. The van der Waals surface area contributed by atoms with Crippen molar-refractivity contribution in [3.05, 3.63) is 47.4 Å². The quantitative estimate of drug-likeness (QED) is 0.612. The Hall–Kier alpha value is -1.75. The Labute approximate surface area is 70.7 Å². The van der Waals surface area contributed by atoms with Crippen molar-refractivity contribution in [3.8, 4) is 0 Å². The summed E-state index contributed by atoms with van der Waals surface area (Å²) in [6.45, 7) is 7.24. The summed E-state index contributed by atoms with van der Waals surface area (Å²) in [7, 11) is 0. The van der Waals surface area contributed by atoms with Gasteiger partial charge in [0.2, 0.25) is 6.54 Å². The maximum atomic E-state index is 6.78. The van der Waals surface area contributed by atoms with Crippen molar-refractivity contribution in [2.45, 2.75) is 6.54 Å². The summed E-state index contributed by atoms with van der Waals surface area (Å²) < 4.78 is 0. The summed E-state index contributed by atoms with van der Waals surface area (Å²) in [5, 5.41) is 1.18. The molecule has 58 valence electrons. The molecule has 0 saturated carbocycles. The van der Waals surface area contributed by atoms with E-state index in [9.17, 15) is 0 Å². The Morgan fingerprint density at radius 2 is 2.25 bits per heavy atom. The van der Waals surface area contributed by atoms with Crippen LogP contribution < -0.4 is 0 Å². The summed E-state index contributed by atoms with van der Waals surface area (Å²) >= 11 is 0. The molecular formula is C10H8N2. The number of H-pyrrole nitrogens is 1. The van der Waals surface area contributed by atoms with E-state index in [1.54, 1.807) is 0 Å². The number of aromatic amines is 1. The molecule has 12 heavy (non-hydrogen) atoms.